The van der Waals surface area contributed by atoms with Crippen LogP contribution < -0.4 is 10.1 Å². The highest BCUT2D eigenvalue weighted by molar-refractivity contribution is 6.31. The zero-order valence-corrected chi connectivity index (χ0v) is 16.6. The van der Waals surface area contributed by atoms with Crippen LogP contribution >= 0.6 is 11.6 Å². The summed E-state index contributed by atoms with van der Waals surface area (Å²) in [5.41, 5.74) is 1.08. The Morgan fingerprint density at radius 3 is 2.71 bits per heavy atom. The highest BCUT2D eigenvalue weighted by atomic mass is 35.5. The molecule has 1 heterocycles. The highest BCUT2D eigenvalue weighted by Crippen LogP contribution is 2.23. The molecule has 1 fully saturated rings. The van der Waals surface area contributed by atoms with Gasteiger partial charge in [0.25, 0.3) is 0 Å². The lowest BCUT2D eigenvalue weighted by Gasteiger charge is -2.25. The minimum Gasteiger partial charge on any atom is -0.492 e. The Balaban J connectivity index is 1.35. The number of carbonyl (C=O) groups excluding carboxylic acids is 1. The normalized spacial score (nSPS) is 16.6. The van der Waals surface area contributed by atoms with Crippen molar-refractivity contribution < 1.29 is 13.9 Å². The molecule has 1 aliphatic heterocycles. The third-order valence-electron chi connectivity index (χ3n) is 5.05. The molecule has 1 N–H and O–H groups in total. The van der Waals surface area contributed by atoms with E-state index in [1.807, 2.05) is 29.2 Å². The van der Waals surface area contributed by atoms with Crippen molar-refractivity contribution in [1.29, 1.82) is 0 Å². The lowest BCUT2D eigenvalue weighted by molar-refractivity contribution is -0.129. The molecule has 0 radical (unpaired) electrons. The lowest BCUT2D eigenvalue weighted by Crippen LogP contribution is -2.37. The Bertz CT molecular complexity index is 769. The molecule has 0 saturated carbocycles. The van der Waals surface area contributed by atoms with Crippen molar-refractivity contribution in [3.63, 3.8) is 0 Å². The number of hydrogen-bond acceptors (Lipinski definition) is 3. The number of rotatable bonds is 10. The van der Waals surface area contributed by atoms with E-state index >= 15 is 0 Å². The van der Waals surface area contributed by atoms with Crippen LogP contribution in [0.1, 0.15) is 24.8 Å². The molecule has 0 spiro atoms. The van der Waals surface area contributed by atoms with Gasteiger partial charge in [-0.2, -0.15) is 0 Å². The summed E-state index contributed by atoms with van der Waals surface area (Å²) in [5, 5.41) is 4.11. The Morgan fingerprint density at radius 1 is 1.14 bits per heavy atom. The SMILES string of the molecule is O=C1CC[C@H](CCNCCOc2ccc(F)cc2)N1CCc1ccccc1Cl. The first-order valence-corrected chi connectivity index (χ1v) is 10.1. The average Bonchev–Trinajstić information content (AvgIpc) is 3.05. The van der Waals surface area contributed by atoms with Crippen LogP contribution in [0.2, 0.25) is 5.02 Å². The molecule has 0 unspecified atom stereocenters. The van der Waals surface area contributed by atoms with Gasteiger partial charge in [0.05, 0.1) is 0 Å². The molecule has 1 saturated heterocycles. The second kappa shape index (κ2) is 10.4. The van der Waals surface area contributed by atoms with E-state index in [0.29, 0.717) is 31.9 Å². The first-order chi connectivity index (χ1) is 13.6. The number of halogens is 2. The smallest absolute Gasteiger partial charge is 0.222 e. The van der Waals surface area contributed by atoms with Crippen LogP contribution in [0.4, 0.5) is 4.39 Å². The van der Waals surface area contributed by atoms with Gasteiger partial charge in [-0.05, 0) is 61.7 Å². The van der Waals surface area contributed by atoms with E-state index in [1.165, 1.54) is 12.1 Å². The number of benzene rings is 2. The molecule has 1 aliphatic rings. The van der Waals surface area contributed by atoms with Crippen molar-refractivity contribution >= 4 is 17.5 Å². The van der Waals surface area contributed by atoms with E-state index in [4.69, 9.17) is 16.3 Å². The first kappa shape index (κ1) is 20.6. The minimum atomic E-state index is -0.268. The molecular formula is C22H26ClFN2O2. The summed E-state index contributed by atoms with van der Waals surface area (Å²) in [4.78, 5) is 14.2. The maximum atomic E-state index is 12.9. The largest absolute Gasteiger partial charge is 0.492 e. The maximum Gasteiger partial charge on any atom is 0.222 e. The summed E-state index contributed by atoms with van der Waals surface area (Å²) in [6.45, 7) is 2.76. The van der Waals surface area contributed by atoms with Crippen LogP contribution in [-0.2, 0) is 11.2 Å². The molecule has 0 aromatic heterocycles. The van der Waals surface area contributed by atoms with Gasteiger partial charge in [0.15, 0.2) is 0 Å². The van der Waals surface area contributed by atoms with Gasteiger partial charge in [-0.15, -0.1) is 0 Å². The van der Waals surface area contributed by atoms with E-state index < -0.39 is 0 Å². The zero-order valence-electron chi connectivity index (χ0n) is 15.9. The summed E-state index contributed by atoms with van der Waals surface area (Å²) in [5.74, 6) is 0.628. The van der Waals surface area contributed by atoms with Gasteiger partial charge in [-0.3, -0.25) is 4.79 Å². The van der Waals surface area contributed by atoms with Crippen molar-refractivity contribution in [3.05, 3.63) is 64.9 Å². The maximum absolute atomic E-state index is 12.9. The Kier molecular flexibility index (Phi) is 7.69. The van der Waals surface area contributed by atoms with E-state index in [1.54, 1.807) is 12.1 Å². The van der Waals surface area contributed by atoms with Crippen LogP contribution in [-0.4, -0.2) is 43.1 Å². The summed E-state index contributed by atoms with van der Waals surface area (Å²) in [7, 11) is 0. The predicted molar refractivity (Wildman–Crippen MR) is 109 cm³/mol. The fourth-order valence-electron chi connectivity index (χ4n) is 3.51. The lowest BCUT2D eigenvalue weighted by atomic mass is 10.1. The van der Waals surface area contributed by atoms with Gasteiger partial charge in [-0.25, -0.2) is 4.39 Å². The van der Waals surface area contributed by atoms with Crippen LogP contribution in [0.25, 0.3) is 0 Å². The van der Waals surface area contributed by atoms with Gasteiger partial charge >= 0.3 is 0 Å². The number of nitrogens with one attached hydrogen (secondary N) is 1. The first-order valence-electron chi connectivity index (χ1n) is 9.75. The molecular weight excluding hydrogens is 379 g/mol. The third kappa shape index (κ3) is 5.94. The van der Waals surface area contributed by atoms with Crippen LogP contribution in [0, 0.1) is 5.82 Å². The Hall–Kier alpha value is -2.11. The van der Waals surface area contributed by atoms with E-state index in [9.17, 15) is 9.18 Å². The predicted octanol–water partition coefficient (Wildman–Crippen LogP) is 4.07. The number of ether oxygens (including phenoxy) is 1. The minimum absolute atomic E-state index is 0.233. The fraction of sp³-hybridized carbons (Fsp3) is 0.409. The average molecular weight is 405 g/mol. The van der Waals surface area contributed by atoms with Crippen molar-refractivity contribution in [3.8, 4) is 5.75 Å². The number of likely N-dealkylation sites (tertiary alicyclic amines) is 1. The number of nitrogens with zero attached hydrogens (tertiary/aromatic N) is 1. The number of amides is 1. The summed E-state index contributed by atoms with van der Waals surface area (Å²) < 4.78 is 18.4. The molecule has 150 valence electrons. The van der Waals surface area contributed by atoms with Crippen molar-refractivity contribution in [2.75, 3.05) is 26.2 Å². The molecule has 28 heavy (non-hydrogen) atoms. The molecule has 0 bridgehead atoms. The van der Waals surface area contributed by atoms with Gasteiger partial charge in [0, 0.05) is 30.6 Å². The molecule has 1 amide bonds. The Labute approximate surface area is 170 Å². The summed E-state index contributed by atoms with van der Waals surface area (Å²) in [6, 6.07) is 14.1. The second-order valence-corrected chi connectivity index (χ2v) is 7.37. The number of carbonyl (C=O) groups is 1. The molecule has 2 aromatic rings. The zero-order chi connectivity index (χ0) is 19.8. The molecule has 1 atom stereocenters. The third-order valence-corrected chi connectivity index (χ3v) is 5.42. The van der Waals surface area contributed by atoms with E-state index in [0.717, 1.165) is 36.4 Å². The van der Waals surface area contributed by atoms with Gasteiger partial charge in [-0.1, -0.05) is 29.8 Å². The second-order valence-electron chi connectivity index (χ2n) is 6.96. The van der Waals surface area contributed by atoms with Gasteiger partial charge in [0.1, 0.15) is 18.2 Å². The van der Waals surface area contributed by atoms with Gasteiger partial charge < -0.3 is 15.0 Å². The molecule has 2 aromatic carbocycles. The molecule has 0 aliphatic carbocycles. The van der Waals surface area contributed by atoms with Crippen LogP contribution in [0.3, 0.4) is 0 Å². The van der Waals surface area contributed by atoms with Gasteiger partial charge in [0.2, 0.25) is 5.91 Å². The highest BCUT2D eigenvalue weighted by Gasteiger charge is 2.29. The van der Waals surface area contributed by atoms with E-state index in [-0.39, 0.29) is 17.8 Å². The monoisotopic (exact) mass is 404 g/mol. The van der Waals surface area contributed by atoms with Crippen molar-refractivity contribution in [1.82, 2.24) is 10.2 Å². The molecule has 4 nitrogen and oxygen atoms in total. The van der Waals surface area contributed by atoms with Crippen LogP contribution in [0.5, 0.6) is 5.75 Å². The van der Waals surface area contributed by atoms with E-state index in [2.05, 4.69) is 5.32 Å². The van der Waals surface area contributed by atoms with Crippen molar-refractivity contribution in [2.24, 2.45) is 0 Å². The quantitative estimate of drug-likeness (QED) is 0.607. The summed E-state index contributed by atoms with van der Waals surface area (Å²) >= 11 is 6.22. The number of hydrogen-bond donors (Lipinski definition) is 1. The molecule has 6 heteroatoms. The fourth-order valence-corrected chi connectivity index (χ4v) is 3.74. The molecule has 3 rings (SSSR count). The van der Waals surface area contributed by atoms with Crippen molar-refractivity contribution in [2.45, 2.75) is 31.7 Å². The standard InChI is InChI=1S/C22H26ClFN2O2/c23-21-4-2-1-3-17(21)12-15-26-19(7-10-22(26)27)11-13-25-14-16-28-20-8-5-18(24)6-9-20/h1-6,8-9,19,25H,7,10-16H2/t19-/m1/s1. The Morgan fingerprint density at radius 2 is 1.93 bits per heavy atom. The summed E-state index contributed by atoms with van der Waals surface area (Å²) in [6.07, 6.45) is 3.24. The topological polar surface area (TPSA) is 41.6 Å². The van der Waals surface area contributed by atoms with Crippen LogP contribution in [0.15, 0.2) is 48.5 Å².